The largest absolute Gasteiger partial charge is 0.494 e. The molecule has 0 atom stereocenters. The van der Waals surface area contributed by atoms with E-state index in [1.54, 1.807) is 6.07 Å². The fourth-order valence-corrected chi connectivity index (χ4v) is 0.904. The molecule has 12 heavy (non-hydrogen) atoms. The van der Waals surface area contributed by atoms with Crippen LogP contribution in [-0.2, 0) is 0 Å². The number of halogens is 2. The third kappa shape index (κ3) is 2.38. The van der Waals surface area contributed by atoms with Crippen molar-refractivity contribution in [2.75, 3.05) is 6.61 Å². The molecule has 0 unspecified atom stereocenters. The summed E-state index contributed by atoms with van der Waals surface area (Å²) in [4.78, 5) is 0. The second-order valence-electron chi connectivity index (χ2n) is 2.42. The van der Waals surface area contributed by atoms with Gasteiger partial charge >= 0.3 is 0 Å². The first-order chi connectivity index (χ1) is 5.74. The average Bonchev–Trinajstić information content (AvgIpc) is 2.07. The number of hydrogen-bond acceptors (Lipinski definition) is 1. The van der Waals surface area contributed by atoms with Gasteiger partial charge in [0.1, 0.15) is 11.6 Å². The summed E-state index contributed by atoms with van der Waals surface area (Å²) in [5.41, 5.74) is 0. The predicted octanol–water partition coefficient (Wildman–Crippen LogP) is 3.27. The summed E-state index contributed by atoms with van der Waals surface area (Å²) < 4.78 is 18.0. The average molecular weight is 189 g/mol. The molecule has 0 saturated heterocycles. The minimum atomic E-state index is -0.440. The number of benzene rings is 1. The van der Waals surface area contributed by atoms with Crippen molar-refractivity contribution in [2.45, 2.75) is 13.3 Å². The first-order valence-corrected chi connectivity index (χ1v) is 4.19. The molecule has 0 bridgehead atoms. The zero-order valence-corrected chi connectivity index (χ0v) is 7.57. The monoisotopic (exact) mass is 188 g/mol. The van der Waals surface area contributed by atoms with Gasteiger partial charge in [-0.15, -0.1) is 0 Å². The number of ether oxygens (including phenoxy) is 1. The predicted molar refractivity (Wildman–Crippen MR) is 47.2 cm³/mol. The molecule has 0 aliphatic carbocycles. The van der Waals surface area contributed by atoms with E-state index < -0.39 is 5.82 Å². The van der Waals surface area contributed by atoms with E-state index in [2.05, 4.69) is 0 Å². The smallest absolute Gasteiger partial charge is 0.145 e. The molecular weight excluding hydrogens is 179 g/mol. The zero-order chi connectivity index (χ0) is 8.97. The SMILES string of the molecule is CCCOc1ccc(Cl)c(F)c1. The molecule has 0 aliphatic heterocycles. The second-order valence-corrected chi connectivity index (χ2v) is 2.83. The van der Waals surface area contributed by atoms with E-state index in [4.69, 9.17) is 16.3 Å². The van der Waals surface area contributed by atoms with Crippen LogP contribution in [-0.4, -0.2) is 6.61 Å². The topological polar surface area (TPSA) is 9.23 Å². The Morgan fingerprint density at radius 1 is 1.50 bits per heavy atom. The highest BCUT2D eigenvalue weighted by Gasteiger charge is 2.00. The van der Waals surface area contributed by atoms with Crippen molar-refractivity contribution in [2.24, 2.45) is 0 Å². The third-order valence-corrected chi connectivity index (χ3v) is 1.67. The maximum absolute atomic E-state index is 12.8. The van der Waals surface area contributed by atoms with E-state index in [0.29, 0.717) is 12.4 Å². The van der Waals surface area contributed by atoms with E-state index >= 15 is 0 Å². The summed E-state index contributed by atoms with van der Waals surface area (Å²) in [7, 11) is 0. The Kier molecular flexibility index (Phi) is 3.35. The molecule has 1 aromatic carbocycles. The summed E-state index contributed by atoms with van der Waals surface area (Å²) in [6, 6.07) is 4.43. The molecule has 1 nitrogen and oxygen atoms in total. The van der Waals surface area contributed by atoms with Gasteiger partial charge in [0.15, 0.2) is 0 Å². The van der Waals surface area contributed by atoms with Crippen molar-refractivity contribution in [3.63, 3.8) is 0 Å². The summed E-state index contributed by atoms with van der Waals surface area (Å²) in [5.74, 6) is 0.0871. The molecule has 0 aromatic heterocycles. The van der Waals surface area contributed by atoms with Crippen LogP contribution in [0.1, 0.15) is 13.3 Å². The van der Waals surface area contributed by atoms with Gasteiger partial charge in [-0.2, -0.15) is 0 Å². The van der Waals surface area contributed by atoms with Gasteiger partial charge in [-0.3, -0.25) is 0 Å². The van der Waals surface area contributed by atoms with Crippen molar-refractivity contribution in [1.82, 2.24) is 0 Å². The molecule has 0 fully saturated rings. The van der Waals surface area contributed by atoms with Crippen molar-refractivity contribution >= 4 is 11.6 Å². The Bertz CT molecular complexity index is 263. The molecular formula is C9H10ClFO. The molecule has 3 heteroatoms. The van der Waals surface area contributed by atoms with Crippen LogP contribution in [0.5, 0.6) is 5.75 Å². The van der Waals surface area contributed by atoms with E-state index in [1.165, 1.54) is 12.1 Å². The summed E-state index contributed by atoms with van der Waals surface area (Å²) >= 11 is 5.48. The van der Waals surface area contributed by atoms with Crippen molar-refractivity contribution < 1.29 is 9.13 Å². The van der Waals surface area contributed by atoms with Crippen molar-refractivity contribution in [3.05, 3.63) is 29.0 Å². The lowest BCUT2D eigenvalue weighted by molar-refractivity contribution is 0.316. The van der Waals surface area contributed by atoms with Gasteiger partial charge in [0, 0.05) is 6.07 Å². The fourth-order valence-electron chi connectivity index (χ4n) is 0.787. The second kappa shape index (κ2) is 4.31. The zero-order valence-electron chi connectivity index (χ0n) is 6.81. The quantitative estimate of drug-likeness (QED) is 0.708. The van der Waals surface area contributed by atoms with Crippen LogP contribution >= 0.6 is 11.6 Å². The standard InChI is InChI=1S/C9H10ClFO/c1-2-5-12-7-3-4-8(10)9(11)6-7/h3-4,6H,2,5H2,1H3. The maximum atomic E-state index is 12.8. The molecule has 0 radical (unpaired) electrons. The highest BCUT2D eigenvalue weighted by Crippen LogP contribution is 2.20. The van der Waals surface area contributed by atoms with E-state index in [9.17, 15) is 4.39 Å². The van der Waals surface area contributed by atoms with Gasteiger partial charge in [-0.1, -0.05) is 18.5 Å². The minimum absolute atomic E-state index is 0.124. The Morgan fingerprint density at radius 3 is 2.83 bits per heavy atom. The summed E-state index contributed by atoms with van der Waals surface area (Å²) in [6.07, 6.45) is 0.907. The molecule has 0 N–H and O–H groups in total. The summed E-state index contributed by atoms with van der Waals surface area (Å²) in [5, 5.41) is 0.124. The number of hydrogen-bond donors (Lipinski definition) is 0. The van der Waals surface area contributed by atoms with Gasteiger partial charge in [0.25, 0.3) is 0 Å². The highest BCUT2D eigenvalue weighted by atomic mass is 35.5. The Morgan fingerprint density at radius 2 is 2.25 bits per heavy atom. The van der Waals surface area contributed by atoms with Crippen LogP contribution in [0.4, 0.5) is 4.39 Å². The lowest BCUT2D eigenvalue weighted by atomic mass is 10.3. The van der Waals surface area contributed by atoms with E-state index in [-0.39, 0.29) is 5.02 Å². The van der Waals surface area contributed by atoms with Gasteiger partial charge in [-0.05, 0) is 18.6 Å². The van der Waals surface area contributed by atoms with Crippen LogP contribution in [0.15, 0.2) is 18.2 Å². The fraction of sp³-hybridized carbons (Fsp3) is 0.333. The van der Waals surface area contributed by atoms with Crippen molar-refractivity contribution in [1.29, 1.82) is 0 Å². The van der Waals surface area contributed by atoms with Gasteiger partial charge in [-0.25, -0.2) is 4.39 Å². The van der Waals surface area contributed by atoms with Gasteiger partial charge in [0.05, 0.1) is 11.6 Å². The third-order valence-electron chi connectivity index (χ3n) is 1.36. The molecule has 0 heterocycles. The minimum Gasteiger partial charge on any atom is -0.494 e. The summed E-state index contributed by atoms with van der Waals surface area (Å²) in [6.45, 7) is 2.59. The number of rotatable bonds is 3. The van der Waals surface area contributed by atoms with Gasteiger partial charge in [0.2, 0.25) is 0 Å². The molecule has 0 saturated carbocycles. The van der Waals surface area contributed by atoms with Crippen LogP contribution in [0.2, 0.25) is 5.02 Å². The lowest BCUT2D eigenvalue weighted by Gasteiger charge is -2.03. The normalized spacial score (nSPS) is 9.92. The van der Waals surface area contributed by atoms with E-state index in [1.807, 2.05) is 6.92 Å². The molecule has 0 spiro atoms. The Balaban J connectivity index is 2.69. The molecule has 66 valence electrons. The van der Waals surface area contributed by atoms with Crippen LogP contribution in [0, 0.1) is 5.82 Å². The van der Waals surface area contributed by atoms with Crippen molar-refractivity contribution in [3.8, 4) is 5.75 Å². The molecule has 0 amide bonds. The molecule has 1 rings (SSSR count). The van der Waals surface area contributed by atoms with E-state index in [0.717, 1.165) is 6.42 Å². The van der Waals surface area contributed by atoms with Gasteiger partial charge < -0.3 is 4.74 Å². The maximum Gasteiger partial charge on any atom is 0.145 e. The first-order valence-electron chi connectivity index (χ1n) is 3.82. The molecule has 1 aromatic rings. The van der Waals surface area contributed by atoms with Crippen LogP contribution in [0.3, 0.4) is 0 Å². The van der Waals surface area contributed by atoms with Crippen LogP contribution in [0.25, 0.3) is 0 Å². The van der Waals surface area contributed by atoms with Crippen LogP contribution < -0.4 is 4.74 Å². The Hall–Kier alpha value is -0.760. The Labute approximate surface area is 76.1 Å². The lowest BCUT2D eigenvalue weighted by Crippen LogP contribution is -1.95. The molecule has 0 aliphatic rings. The highest BCUT2D eigenvalue weighted by molar-refractivity contribution is 6.30. The first kappa shape index (κ1) is 9.33.